The van der Waals surface area contributed by atoms with Gasteiger partial charge in [-0.3, -0.25) is 4.79 Å². The Morgan fingerprint density at radius 1 is 1.24 bits per heavy atom. The van der Waals surface area contributed by atoms with Crippen molar-refractivity contribution in [3.8, 4) is 17.0 Å². The number of aromatic nitrogens is 2. The summed E-state index contributed by atoms with van der Waals surface area (Å²) in [7, 11) is 2.07. The quantitative estimate of drug-likeness (QED) is 0.563. The minimum Gasteiger partial charge on any atom is -0.449 e. The minimum absolute atomic E-state index is 0. The van der Waals surface area contributed by atoms with Crippen molar-refractivity contribution in [2.45, 2.75) is 32.7 Å². The number of ether oxygens (including phenoxy) is 1. The fraction of sp³-hybridized carbons (Fsp3) is 0.333. The number of H-pyrrole nitrogens is 1. The molecular formula is C21H24ClN3O4. The van der Waals surface area contributed by atoms with Crippen molar-refractivity contribution < 1.29 is 14.6 Å². The maximum atomic E-state index is 12.3. The molecule has 4 rings (SSSR count). The van der Waals surface area contributed by atoms with E-state index in [1.165, 1.54) is 16.8 Å². The summed E-state index contributed by atoms with van der Waals surface area (Å²) < 4.78 is 6.83. The fourth-order valence-corrected chi connectivity index (χ4v) is 3.98. The van der Waals surface area contributed by atoms with E-state index >= 15 is 0 Å². The van der Waals surface area contributed by atoms with Crippen molar-refractivity contribution in [2.75, 3.05) is 6.54 Å². The minimum atomic E-state index is -1.49. The summed E-state index contributed by atoms with van der Waals surface area (Å²) in [6, 6.07) is 8.05. The molecule has 3 N–H and O–H groups in total. The Bertz CT molecular complexity index is 1130. The fourth-order valence-electron chi connectivity index (χ4n) is 3.98. The predicted molar refractivity (Wildman–Crippen MR) is 114 cm³/mol. The number of hydrogen-bond donors (Lipinski definition) is 3. The second-order valence-corrected chi connectivity index (χ2v) is 7.13. The van der Waals surface area contributed by atoms with Crippen LogP contribution in [-0.4, -0.2) is 27.4 Å². The summed E-state index contributed by atoms with van der Waals surface area (Å²) in [6.07, 6.45) is 1.07. The molecule has 0 bridgehead atoms. The van der Waals surface area contributed by atoms with Gasteiger partial charge < -0.3 is 24.7 Å². The highest BCUT2D eigenvalue weighted by molar-refractivity contribution is 5.88. The molecule has 0 saturated heterocycles. The standard InChI is InChI=1S/C21H23N3O4.ClH/c1-3-22-11-15-7-14-8-16-12(9-17(14)24(15)2)5-4-6-13-10-18(28-21(26)27)20(25)23-19(13)16;/h7-10,22H,3-6,11H2,1-2H3,(H,23,25)(H,26,27);1H. The summed E-state index contributed by atoms with van der Waals surface area (Å²) in [5.41, 5.74) is 5.69. The molecular weight excluding hydrogens is 394 g/mol. The van der Waals surface area contributed by atoms with Gasteiger partial charge >= 0.3 is 6.16 Å². The van der Waals surface area contributed by atoms with E-state index in [0.29, 0.717) is 0 Å². The van der Waals surface area contributed by atoms with Gasteiger partial charge in [0.25, 0.3) is 5.56 Å². The van der Waals surface area contributed by atoms with Crippen LogP contribution >= 0.6 is 12.4 Å². The SMILES string of the molecule is CCNCc1cc2cc3c(cc2n1C)CCCc1cc(OC(=O)O)c(=O)[nH]c1-3.Cl. The van der Waals surface area contributed by atoms with E-state index in [-0.39, 0.29) is 18.2 Å². The van der Waals surface area contributed by atoms with Crippen LogP contribution in [0, 0.1) is 0 Å². The summed E-state index contributed by atoms with van der Waals surface area (Å²) in [5.74, 6) is -0.177. The number of rotatable bonds is 4. The Morgan fingerprint density at radius 3 is 2.72 bits per heavy atom. The first-order valence-electron chi connectivity index (χ1n) is 9.47. The normalized spacial score (nSPS) is 12.6. The van der Waals surface area contributed by atoms with Crippen LogP contribution in [0.4, 0.5) is 4.79 Å². The monoisotopic (exact) mass is 417 g/mol. The second kappa shape index (κ2) is 8.31. The highest BCUT2D eigenvalue weighted by atomic mass is 35.5. The number of carbonyl (C=O) groups is 1. The van der Waals surface area contributed by atoms with Gasteiger partial charge in [0.05, 0.1) is 5.69 Å². The molecule has 1 aliphatic rings. The number of benzene rings is 1. The largest absolute Gasteiger partial charge is 0.511 e. The van der Waals surface area contributed by atoms with Crippen molar-refractivity contribution in [3.63, 3.8) is 0 Å². The van der Waals surface area contributed by atoms with Gasteiger partial charge in [-0.25, -0.2) is 4.79 Å². The molecule has 0 spiro atoms. The lowest BCUT2D eigenvalue weighted by Gasteiger charge is -2.11. The van der Waals surface area contributed by atoms with Crippen LogP contribution in [0.2, 0.25) is 0 Å². The molecule has 0 saturated carbocycles. The van der Waals surface area contributed by atoms with Crippen LogP contribution in [0.1, 0.15) is 30.2 Å². The third kappa shape index (κ3) is 3.88. The summed E-state index contributed by atoms with van der Waals surface area (Å²) in [6.45, 7) is 3.80. The van der Waals surface area contributed by atoms with Gasteiger partial charge in [-0.2, -0.15) is 0 Å². The van der Waals surface area contributed by atoms with Gasteiger partial charge in [0.2, 0.25) is 0 Å². The van der Waals surface area contributed by atoms with Crippen LogP contribution in [0.15, 0.2) is 29.1 Å². The zero-order valence-electron chi connectivity index (χ0n) is 16.4. The van der Waals surface area contributed by atoms with Gasteiger partial charge in [0, 0.05) is 35.8 Å². The van der Waals surface area contributed by atoms with Crippen LogP contribution in [0.5, 0.6) is 5.75 Å². The first-order valence-corrected chi connectivity index (χ1v) is 9.47. The highest BCUT2D eigenvalue weighted by Crippen LogP contribution is 2.35. The molecule has 0 radical (unpaired) electrons. The molecule has 0 fully saturated rings. The Kier molecular flexibility index (Phi) is 6.00. The van der Waals surface area contributed by atoms with Gasteiger partial charge in [-0.05, 0) is 61.2 Å². The molecule has 2 aromatic heterocycles. The first kappa shape index (κ1) is 21.0. The molecule has 2 heterocycles. The van der Waals surface area contributed by atoms with Crippen molar-refractivity contribution in [1.82, 2.24) is 14.9 Å². The lowest BCUT2D eigenvalue weighted by molar-refractivity contribution is 0.143. The molecule has 29 heavy (non-hydrogen) atoms. The smallest absolute Gasteiger partial charge is 0.449 e. The predicted octanol–water partition coefficient (Wildman–Crippen LogP) is 3.61. The summed E-state index contributed by atoms with van der Waals surface area (Å²) >= 11 is 0. The first-order chi connectivity index (χ1) is 13.5. The Hall–Kier alpha value is -2.77. The van der Waals surface area contributed by atoms with Gasteiger partial charge in [-0.1, -0.05) is 6.92 Å². The number of halogens is 1. The zero-order chi connectivity index (χ0) is 19.8. The van der Waals surface area contributed by atoms with Crippen LogP contribution in [-0.2, 0) is 26.4 Å². The Labute approximate surface area is 174 Å². The maximum absolute atomic E-state index is 12.3. The lowest BCUT2D eigenvalue weighted by atomic mass is 9.99. The second-order valence-electron chi connectivity index (χ2n) is 7.13. The molecule has 0 aliphatic heterocycles. The molecule has 3 aromatic rings. The van der Waals surface area contributed by atoms with E-state index in [4.69, 9.17) is 5.11 Å². The number of nitrogens with zero attached hydrogens (tertiary/aromatic N) is 1. The number of fused-ring (bicyclic) bond motifs is 4. The molecule has 8 heteroatoms. The molecule has 0 amide bonds. The Balaban J connectivity index is 0.00000240. The number of carboxylic acid groups (broad SMARTS) is 1. The van der Waals surface area contributed by atoms with E-state index in [0.717, 1.165) is 54.6 Å². The van der Waals surface area contributed by atoms with Crippen molar-refractivity contribution in [2.24, 2.45) is 7.05 Å². The van der Waals surface area contributed by atoms with E-state index < -0.39 is 11.7 Å². The third-order valence-corrected chi connectivity index (χ3v) is 5.37. The van der Waals surface area contributed by atoms with E-state index in [1.54, 1.807) is 6.07 Å². The topological polar surface area (TPSA) is 96.3 Å². The lowest BCUT2D eigenvalue weighted by Crippen LogP contribution is -2.16. The number of hydrogen-bond acceptors (Lipinski definition) is 4. The number of aryl methyl sites for hydroxylation is 3. The van der Waals surface area contributed by atoms with Gasteiger partial charge in [-0.15, -0.1) is 12.4 Å². The van der Waals surface area contributed by atoms with Gasteiger partial charge in [0.15, 0.2) is 5.75 Å². The van der Waals surface area contributed by atoms with E-state index in [2.05, 4.69) is 51.8 Å². The molecule has 1 aliphatic carbocycles. The summed E-state index contributed by atoms with van der Waals surface area (Å²) in [5, 5.41) is 13.3. The van der Waals surface area contributed by atoms with Crippen molar-refractivity contribution in [1.29, 1.82) is 0 Å². The molecule has 0 atom stereocenters. The molecule has 0 unspecified atom stereocenters. The molecule has 7 nitrogen and oxygen atoms in total. The highest BCUT2D eigenvalue weighted by Gasteiger charge is 2.20. The van der Waals surface area contributed by atoms with Crippen LogP contribution < -0.4 is 15.6 Å². The van der Waals surface area contributed by atoms with Crippen molar-refractivity contribution in [3.05, 3.63) is 51.4 Å². The Morgan fingerprint density at radius 2 is 2.00 bits per heavy atom. The number of pyridine rings is 1. The van der Waals surface area contributed by atoms with Crippen LogP contribution in [0.3, 0.4) is 0 Å². The average molecular weight is 418 g/mol. The van der Waals surface area contributed by atoms with E-state index in [9.17, 15) is 9.59 Å². The van der Waals surface area contributed by atoms with Crippen molar-refractivity contribution >= 4 is 29.5 Å². The number of nitrogens with one attached hydrogen (secondary N) is 2. The maximum Gasteiger partial charge on any atom is 0.511 e. The van der Waals surface area contributed by atoms with E-state index in [1.807, 2.05) is 0 Å². The number of aromatic amines is 1. The van der Waals surface area contributed by atoms with Crippen LogP contribution in [0.25, 0.3) is 22.2 Å². The molecule has 154 valence electrons. The van der Waals surface area contributed by atoms with Gasteiger partial charge in [0.1, 0.15) is 0 Å². The zero-order valence-corrected chi connectivity index (χ0v) is 17.2. The molecule has 1 aromatic carbocycles. The average Bonchev–Trinajstić information content (AvgIpc) is 2.85. The third-order valence-electron chi connectivity index (χ3n) is 5.37. The summed E-state index contributed by atoms with van der Waals surface area (Å²) in [4.78, 5) is 26.0.